The van der Waals surface area contributed by atoms with Gasteiger partial charge in [-0.15, -0.1) is 0 Å². The Hall–Kier alpha value is -0.550. The lowest BCUT2D eigenvalue weighted by Gasteiger charge is -2.27. The van der Waals surface area contributed by atoms with Crippen LogP contribution in [0.5, 0.6) is 0 Å². The summed E-state index contributed by atoms with van der Waals surface area (Å²) in [5, 5.41) is 8.36. The second-order valence-corrected chi connectivity index (χ2v) is 3.88. The first-order valence-electron chi connectivity index (χ1n) is 5.33. The molecule has 1 aliphatic rings. The van der Waals surface area contributed by atoms with E-state index >= 15 is 0 Å². The molecule has 1 rings (SSSR count). The SMILES string of the molecule is CC(OCCC#N)C1CCCCC1. The average molecular weight is 181 g/mol. The van der Waals surface area contributed by atoms with Crippen LogP contribution in [0.3, 0.4) is 0 Å². The third-order valence-corrected chi connectivity index (χ3v) is 2.91. The zero-order chi connectivity index (χ0) is 9.52. The maximum Gasteiger partial charge on any atom is 0.0645 e. The molecule has 0 aromatic carbocycles. The highest BCUT2D eigenvalue weighted by molar-refractivity contribution is 4.73. The van der Waals surface area contributed by atoms with Crippen molar-refractivity contribution in [3.63, 3.8) is 0 Å². The Morgan fingerprint density at radius 2 is 2.08 bits per heavy atom. The van der Waals surface area contributed by atoms with E-state index < -0.39 is 0 Å². The van der Waals surface area contributed by atoms with Crippen LogP contribution in [0.2, 0.25) is 0 Å². The van der Waals surface area contributed by atoms with Gasteiger partial charge in [0.15, 0.2) is 0 Å². The quantitative estimate of drug-likeness (QED) is 0.625. The molecule has 0 aliphatic heterocycles. The Morgan fingerprint density at radius 1 is 1.38 bits per heavy atom. The molecule has 1 fully saturated rings. The van der Waals surface area contributed by atoms with Crippen LogP contribution in [0.4, 0.5) is 0 Å². The Bertz CT molecular complexity index is 167. The molecule has 2 nitrogen and oxygen atoms in total. The van der Waals surface area contributed by atoms with Crippen LogP contribution in [-0.2, 0) is 4.74 Å². The fraction of sp³-hybridized carbons (Fsp3) is 0.909. The molecule has 1 unspecified atom stereocenters. The van der Waals surface area contributed by atoms with Gasteiger partial charge in [-0.1, -0.05) is 19.3 Å². The Morgan fingerprint density at radius 3 is 2.69 bits per heavy atom. The lowest BCUT2D eigenvalue weighted by molar-refractivity contribution is 0.0159. The summed E-state index contributed by atoms with van der Waals surface area (Å²) >= 11 is 0. The molecule has 13 heavy (non-hydrogen) atoms. The summed E-state index contributed by atoms with van der Waals surface area (Å²) in [6.07, 6.45) is 7.61. The monoisotopic (exact) mass is 181 g/mol. The molecule has 0 heterocycles. The highest BCUT2D eigenvalue weighted by Gasteiger charge is 2.19. The summed E-state index contributed by atoms with van der Waals surface area (Å²) in [5.41, 5.74) is 0. The van der Waals surface area contributed by atoms with E-state index in [1.807, 2.05) is 0 Å². The minimum Gasteiger partial charge on any atom is -0.377 e. The maximum atomic E-state index is 8.36. The van der Waals surface area contributed by atoms with E-state index in [2.05, 4.69) is 13.0 Å². The predicted octanol–water partition coefficient (Wildman–Crippen LogP) is 2.89. The first-order chi connectivity index (χ1) is 6.34. The van der Waals surface area contributed by atoms with Crippen molar-refractivity contribution in [3.8, 4) is 6.07 Å². The number of hydrogen-bond donors (Lipinski definition) is 0. The molecule has 74 valence electrons. The van der Waals surface area contributed by atoms with Crippen molar-refractivity contribution in [1.82, 2.24) is 0 Å². The lowest BCUT2D eigenvalue weighted by Crippen LogP contribution is -2.23. The summed E-state index contributed by atoms with van der Waals surface area (Å²) in [7, 11) is 0. The van der Waals surface area contributed by atoms with Crippen LogP contribution in [-0.4, -0.2) is 12.7 Å². The molecule has 0 amide bonds. The van der Waals surface area contributed by atoms with Gasteiger partial charge >= 0.3 is 0 Å². The topological polar surface area (TPSA) is 33.0 Å². The van der Waals surface area contributed by atoms with E-state index in [4.69, 9.17) is 10.00 Å². The molecule has 0 bridgehead atoms. The third kappa shape index (κ3) is 3.78. The number of ether oxygens (including phenoxy) is 1. The van der Waals surface area contributed by atoms with Gasteiger partial charge in [-0.2, -0.15) is 5.26 Å². The Labute approximate surface area is 80.9 Å². The lowest BCUT2D eigenvalue weighted by atomic mass is 9.86. The van der Waals surface area contributed by atoms with Gasteiger partial charge in [0.2, 0.25) is 0 Å². The van der Waals surface area contributed by atoms with Crippen LogP contribution in [0, 0.1) is 17.2 Å². The zero-order valence-corrected chi connectivity index (χ0v) is 8.46. The maximum absolute atomic E-state index is 8.36. The zero-order valence-electron chi connectivity index (χ0n) is 8.46. The molecule has 2 heteroatoms. The Kier molecular flexibility index (Phi) is 4.85. The molecule has 0 spiro atoms. The van der Waals surface area contributed by atoms with E-state index in [0.29, 0.717) is 19.1 Å². The van der Waals surface area contributed by atoms with Gasteiger partial charge in [0.25, 0.3) is 0 Å². The van der Waals surface area contributed by atoms with Crippen molar-refractivity contribution in [2.24, 2.45) is 5.92 Å². The summed E-state index contributed by atoms with van der Waals surface area (Å²) in [5.74, 6) is 0.743. The number of rotatable bonds is 4. The summed E-state index contributed by atoms with van der Waals surface area (Å²) in [6, 6.07) is 2.10. The fourth-order valence-electron chi connectivity index (χ4n) is 2.03. The molecule has 1 saturated carbocycles. The van der Waals surface area contributed by atoms with Gasteiger partial charge in [0, 0.05) is 0 Å². The van der Waals surface area contributed by atoms with Crippen molar-refractivity contribution in [2.45, 2.75) is 51.6 Å². The Balaban J connectivity index is 2.14. The number of hydrogen-bond acceptors (Lipinski definition) is 2. The molecule has 0 saturated heterocycles. The second-order valence-electron chi connectivity index (χ2n) is 3.88. The number of nitrogens with zero attached hydrogens (tertiary/aromatic N) is 1. The van der Waals surface area contributed by atoms with Gasteiger partial charge in [0.1, 0.15) is 0 Å². The third-order valence-electron chi connectivity index (χ3n) is 2.91. The summed E-state index contributed by atoms with van der Waals surface area (Å²) in [6.45, 7) is 2.75. The van der Waals surface area contributed by atoms with E-state index in [1.165, 1.54) is 32.1 Å². The van der Waals surface area contributed by atoms with E-state index in [-0.39, 0.29) is 0 Å². The molecular weight excluding hydrogens is 162 g/mol. The highest BCUT2D eigenvalue weighted by atomic mass is 16.5. The minimum atomic E-state index is 0.355. The standard InChI is InChI=1S/C11H19NO/c1-10(13-9-5-8-12)11-6-3-2-4-7-11/h10-11H,2-7,9H2,1H3. The van der Waals surface area contributed by atoms with Crippen molar-refractivity contribution < 1.29 is 4.74 Å². The van der Waals surface area contributed by atoms with Crippen LogP contribution in [0.1, 0.15) is 45.4 Å². The van der Waals surface area contributed by atoms with Crippen molar-refractivity contribution >= 4 is 0 Å². The molecule has 1 aliphatic carbocycles. The minimum absolute atomic E-state index is 0.355. The van der Waals surface area contributed by atoms with E-state index in [9.17, 15) is 0 Å². The van der Waals surface area contributed by atoms with Gasteiger partial charge in [0.05, 0.1) is 25.2 Å². The van der Waals surface area contributed by atoms with E-state index in [0.717, 1.165) is 5.92 Å². The average Bonchev–Trinajstić information content (AvgIpc) is 2.19. The smallest absolute Gasteiger partial charge is 0.0645 e. The van der Waals surface area contributed by atoms with Gasteiger partial charge < -0.3 is 4.74 Å². The largest absolute Gasteiger partial charge is 0.377 e. The van der Waals surface area contributed by atoms with Gasteiger partial charge in [-0.05, 0) is 25.7 Å². The van der Waals surface area contributed by atoms with Crippen LogP contribution in [0.15, 0.2) is 0 Å². The van der Waals surface area contributed by atoms with E-state index in [1.54, 1.807) is 0 Å². The highest BCUT2D eigenvalue weighted by Crippen LogP contribution is 2.27. The second kappa shape index (κ2) is 5.99. The summed E-state index contributed by atoms with van der Waals surface area (Å²) < 4.78 is 5.60. The van der Waals surface area contributed by atoms with Crippen LogP contribution >= 0.6 is 0 Å². The normalized spacial score (nSPS) is 20.9. The molecule has 1 atom stereocenters. The molecule has 0 aromatic rings. The van der Waals surface area contributed by atoms with Gasteiger partial charge in [-0.3, -0.25) is 0 Å². The van der Waals surface area contributed by atoms with Gasteiger partial charge in [-0.25, -0.2) is 0 Å². The van der Waals surface area contributed by atoms with Crippen LogP contribution in [0.25, 0.3) is 0 Å². The fourth-order valence-corrected chi connectivity index (χ4v) is 2.03. The summed E-state index contributed by atoms with van der Waals surface area (Å²) in [4.78, 5) is 0. The molecule has 0 aromatic heterocycles. The molecule has 0 N–H and O–H groups in total. The molecule has 0 radical (unpaired) electrons. The number of nitriles is 1. The van der Waals surface area contributed by atoms with Crippen LogP contribution < -0.4 is 0 Å². The van der Waals surface area contributed by atoms with Crippen molar-refractivity contribution in [2.75, 3.05) is 6.61 Å². The van der Waals surface area contributed by atoms with Crippen molar-refractivity contribution in [3.05, 3.63) is 0 Å². The molecular formula is C11H19NO. The first kappa shape index (κ1) is 10.5. The first-order valence-corrected chi connectivity index (χ1v) is 5.33. The predicted molar refractivity (Wildman–Crippen MR) is 52.2 cm³/mol. The van der Waals surface area contributed by atoms with Crippen molar-refractivity contribution in [1.29, 1.82) is 5.26 Å².